The van der Waals surface area contributed by atoms with E-state index in [0.29, 0.717) is 0 Å². The fraction of sp³-hybridized carbons (Fsp3) is 0.714. The Hall–Kier alpha value is -3.01. The van der Waals surface area contributed by atoms with Crippen LogP contribution in [0.25, 0.3) is 10.4 Å². The number of carbonyl (C=O) groups excluding carboxylic acids is 4. The standard InChI is InChI=1S/C14H19N3O13/c1-6(18)24-22-5-10-11(28-25-7(2)19)12(29-26-8(3)20)13(30-27-9(4)21)14(23-10)16-17-15/h10-14H,5H2,1-4H3/t10-,11+,12+,13-,14-/m1/s1. The van der Waals surface area contributed by atoms with E-state index in [1.165, 1.54) is 0 Å². The zero-order valence-electron chi connectivity index (χ0n) is 16.2. The summed E-state index contributed by atoms with van der Waals surface area (Å²) in [5.41, 5.74) is 8.78. The van der Waals surface area contributed by atoms with Crippen LogP contribution < -0.4 is 0 Å². The van der Waals surface area contributed by atoms with Crippen LogP contribution >= 0.6 is 0 Å². The van der Waals surface area contributed by atoms with Gasteiger partial charge in [0.15, 0.2) is 24.5 Å². The molecular formula is C14H19N3O13. The Morgan fingerprint density at radius 2 is 1.27 bits per heavy atom. The third-order valence-corrected chi connectivity index (χ3v) is 3.01. The zero-order chi connectivity index (χ0) is 22.7. The predicted octanol–water partition coefficient (Wildman–Crippen LogP) is 0.106. The van der Waals surface area contributed by atoms with E-state index in [0.717, 1.165) is 27.7 Å². The van der Waals surface area contributed by atoms with Gasteiger partial charge in [0.25, 0.3) is 0 Å². The number of hydrogen-bond acceptors (Lipinski definition) is 14. The molecule has 1 heterocycles. The molecule has 1 aliphatic rings. The van der Waals surface area contributed by atoms with Gasteiger partial charge in [0.05, 0.1) is 0 Å². The topological polar surface area (TPSA) is 200 Å². The molecule has 0 amide bonds. The van der Waals surface area contributed by atoms with Crippen molar-refractivity contribution in [1.82, 2.24) is 0 Å². The maximum absolute atomic E-state index is 11.2. The first-order chi connectivity index (χ1) is 14.1. The number of carbonyl (C=O) groups is 4. The van der Waals surface area contributed by atoms with Crippen molar-refractivity contribution in [2.75, 3.05) is 6.61 Å². The molecule has 0 spiro atoms. The lowest BCUT2D eigenvalue weighted by Gasteiger charge is -2.40. The molecule has 0 aromatic rings. The Morgan fingerprint density at radius 3 is 1.73 bits per heavy atom. The van der Waals surface area contributed by atoms with Crippen molar-refractivity contribution in [2.24, 2.45) is 5.11 Å². The van der Waals surface area contributed by atoms with E-state index in [-0.39, 0.29) is 0 Å². The third kappa shape index (κ3) is 8.56. The molecule has 16 nitrogen and oxygen atoms in total. The summed E-state index contributed by atoms with van der Waals surface area (Å²) in [4.78, 5) is 84.1. The lowest BCUT2D eigenvalue weighted by atomic mass is 9.98. The zero-order valence-corrected chi connectivity index (χ0v) is 16.2. The molecule has 0 saturated carbocycles. The average Bonchev–Trinajstić information content (AvgIpc) is 2.64. The highest BCUT2D eigenvalue weighted by molar-refractivity contribution is 5.66. The van der Waals surface area contributed by atoms with Crippen LogP contribution in [0.15, 0.2) is 5.11 Å². The molecule has 1 aliphatic heterocycles. The SMILES string of the molecule is CC(=O)OOC[C@H]1O[C@@H](N=[N+]=[N-])[C@H](OOC(C)=O)[C@@H](OOC(C)=O)[C@H]1OOC(C)=O. The largest absolute Gasteiger partial charge is 0.360 e. The summed E-state index contributed by atoms with van der Waals surface area (Å²) in [5.74, 6) is -3.46. The fourth-order valence-corrected chi connectivity index (χ4v) is 2.06. The van der Waals surface area contributed by atoms with Gasteiger partial charge in [-0.3, -0.25) is 19.6 Å². The lowest BCUT2D eigenvalue weighted by Crippen LogP contribution is -2.61. The number of hydrogen-bond donors (Lipinski definition) is 0. The van der Waals surface area contributed by atoms with Crippen LogP contribution in [0.5, 0.6) is 0 Å². The molecule has 0 aromatic carbocycles. The van der Waals surface area contributed by atoms with Crippen molar-refractivity contribution in [3.63, 3.8) is 0 Å². The van der Waals surface area contributed by atoms with E-state index in [1.54, 1.807) is 0 Å². The van der Waals surface area contributed by atoms with Crippen LogP contribution in [0, 0.1) is 0 Å². The highest BCUT2D eigenvalue weighted by Crippen LogP contribution is 2.30. The minimum atomic E-state index is -1.56. The van der Waals surface area contributed by atoms with E-state index in [2.05, 4.69) is 34.5 Å². The van der Waals surface area contributed by atoms with E-state index < -0.39 is 61.1 Å². The van der Waals surface area contributed by atoms with Gasteiger partial charge in [0.2, 0.25) is 0 Å². The molecule has 30 heavy (non-hydrogen) atoms. The molecule has 5 atom stereocenters. The molecule has 0 aromatic heterocycles. The van der Waals surface area contributed by atoms with Crippen LogP contribution in [0.2, 0.25) is 0 Å². The van der Waals surface area contributed by atoms with Gasteiger partial charge in [0, 0.05) is 32.6 Å². The van der Waals surface area contributed by atoms with E-state index in [1.807, 2.05) is 0 Å². The first-order valence-corrected chi connectivity index (χ1v) is 8.17. The molecule has 1 fully saturated rings. The smallest absolute Gasteiger partial charge is 0.339 e. The van der Waals surface area contributed by atoms with Gasteiger partial charge in [-0.1, -0.05) is 5.11 Å². The quantitative estimate of drug-likeness (QED) is 0.147. The monoisotopic (exact) mass is 437 g/mol. The van der Waals surface area contributed by atoms with E-state index in [4.69, 9.17) is 24.9 Å². The van der Waals surface area contributed by atoms with Crippen molar-refractivity contribution in [3.05, 3.63) is 10.4 Å². The molecule has 0 unspecified atom stereocenters. The average molecular weight is 437 g/mol. The van der Waals surface area contributed by atoms with Crippen LogP contribution in [0.4, 0.5) is 0 Å². The van der Waals surface area contributed by atoms with Gasteiger partial charge < -0.3 is 4.74 Å². The minimum Gasteiger partial charge on any atom is -0.360 e. The maximum Gasteiger partial charge on any atom is 0.339 e. The molecule has 0 N–H and O–H groups in total. The van der Waals surface area contributed by atoms with Crippen LogP contribution in [-0.4, -0.2) is 61.1 Å². The van der Waals surface area contributed by atoms with Gasteiger partial charge in [-0.05, 0) is 5.53 Å². The first-order valence-electron chi connectivity index (χ1n) is 8.17. The van der Waals surface area contributed by atoms with Crippen molar-refractivity contribution in [1.29, 1.82) is 0 Å². The molecule has 0 aliphatic carbocycles. The summed E-state index contributed by atoms with van der Waals surface area (Å²) in [7, 11) is 0. The third-order valence-electron chi connectivity index (χ3n) is 3.01. The second kappa shape index (κ2) is 12.5. The van der Waals surface area contributed by atoms with Crippen molar-refractivity contribution in [3.8, 4) is 0 Å². The maximum atomic E-state index is 11.2. The Kier molecular flexibility index (Phi) is 10.5. The number of rotatable bonds is 10. The summed E-state index contributed by atoms with van der Waals surface area (Å²) in [6.07, 6.45) is -7.43. The molecule has 0 bridgehead atoms. The predicted molar refractivity (Wildman–Crippen MR) is 85.4 cm³/mol. The molecular weight excluding hydrogens is 418 g/mol. The second-order valence-corrected chi connectivity index (χ2v) is 5.54. The Labute approximate surface area is 168 Å². The van der Waals surface area contributed by atoms with Gasteiger partial charge in [-0.2, -0.15) is 19.6 Å². The molecule has 0 radical (unpaired) electrons. The lowest BCUT2D eigenvalue weighted by molar-refractivity contribution is -0.438. The van der Waals surface area contributed by atoms with Crippen molar-refractivity contribution in [2.45, 2.75) is 58.3 Å². The summed E-state index contributed by atoms with van der Waals surface area (Å²) in [6, 6.07) is 0. The highest BCUT2D eigenvalue weighted by Gasteiger charge is 2.52. The molecule has 1 saturated heterocycles. The Morgan fingerprint density at radius 1 is 0.800 bits per heavy atom. The Balaban J connectivity index is 3.21. The summed E-state index contributed by atoms with van der Waals surface area (Å²) in [5, 5.41) is 3.34. The summed E-state index contributed by atoms with van der Waals surface area (Å²) in [6.45, 7) is 3.56. The van der Waals surface area contributed by atoms with Crippen LogP contribution in [-0.2, 0) is 63.0 Å². The minimum absolute atomic E-state index is 0.539. The van der Waals surface area contributed by atoms with Crippen molar-refractivity contribution < 1.29 is 63.0 Å². The highest BCUT2D eigenvalue weighted by atomic mass is 17.3. The first kappa shape index (κ1) is 25.0. The van der Waals surface area contributed by atoms with Gasteiger partial charge >= 0.3 is 23.9 Å². The van der Waals surface area contributed by atoms with Gasteiger partial charge in [-0.15, -0.1) is 0 Å². The summed E-state index contributed by atoms with van der Waals surface area (Å²) >= 11 is 0. The van der Waals surface area contributed by atoms with E-state index in [9.17, 15) is 19.2 Å². The molecule has 168 valence electrons. The van der Waals surface area contributed by atoms with Crippen LogP contribution in [0.1, 0.15) is 27.7 Å². The second-order valence-electron chi connectivity index (χ2n) is 5.54. The van der Waals surface area contributed by atoms with E-state index >= 15 is 0 Å². The van der Waals surface area contributed by atoms with Crippen LogP contribution in [0.3, 0.4) is 0 Å². The number of azide groups is 1. The summed E-state index contributed by atoms with van der Waals surface area (Å²) < 4.78 is 5.45. The van der Waals surface area contributed by atoms with Gasteiger partial charge in [0.1, 0.15) is 12.7 Å². The van der Waals surface area contributed by atoms with Gasteiger partial charge in [-0.25, -0.2) is 19.2 Å². The Bertz CT molecular complexity index is 680. The fourth-order valence-electron chi connectivity index (χ4n) is 2.06. The van der Waals surface area contributed by atoms with Crippen molar-refractivity contribution >= 4 is 23.9 Å². The molecule has 16 heteroatoms. The number of ether oxygens (including phenoxy) is 1. The normalized spacial score (nSPS) is 25.4. The molecule has 1 rings (SSSR count). The number of nitrogens with zero attached hydrogens (tertiary/aromatic N) is 3.